The lowest BCUT2D eigenvalue weighted by molar-refractivity contribution is -0.144. The van der Waals surface area contributed by atoms with Gasteiger partial charge in [-0.3, -0.25) is 9.59 Å². The van der Waals surface area contributed by atoms with Crippen LogP contribution in [0.1, 0.15) is 29.3 Å². The number of benzene rings is 2. The van der Waals surface area contributed by atoms with Crippen molar-refractivity contribution in [3.8, 4) is 5.75 Å². The molecule has 2 aromatic rings. The van der Waals surface area contributed by atoms with Crippen molar-refractivity contribution in [3.63, 3.8) is 0 Å². The van der Waals surface area contributed by atoms with Gasteiger partial charge in [0.2, 0.25) is 5.91 Å². The first kappa shape index (κ1) is 22.9. The molecule has 0 aliphatic heterocycles. The van der Waals surface area contributed by atoms with E-state index in [0.717, 1.165) is 18.4 Å². The molecule has 6 nitrogen and oxygen atoms in total. The Morgan fingerprint density at radius 3 is 2.45 bits per heavy atom. The third-order valence-electron chi connectivity index (χ3n) is 3.90. The number of ketones is 1. The Balaban J connectivity index is 1.73. The molecular weight excluding hydrogens is 462 g/mol. The third kappa shape index (κ3) is 8.25. The minimum absolute atomic E-state index is 0.0494. The number of carbonyl (C=O) groups excluding carboxylic acids is 3. The predicted molar refractivity (Wildman–Crippen MR) is 113 cm³/mol. The molecule has 2 rings (SSSR count). The Bertz CT molecular complexity index is 870. The van der Waals surface area contributed by atoms with E-state index in [9.17, 15) is 14.4 Å². The zero-order valence-electron chi connectivity index (χ0n) is 15.9. The molecule has 2 aromatic carbocycles. The zero-order valence-corrected chi connectivity index (χ0v) is 18.2. The highest BCUT2D eigenvalue weighted by molar-refractivity contribution is 9.10. The van der Waals surface area contributed by atoms with E-state index < -0.39 is 5.97 Å². The van der Waals surface area contributed by atoms with E-state index in [4.69, 9.17) is 21.1 Å². The van der Waals surface area contributed by atoms with Crippen molar-refractivity contribution in [3.05, 3.63) is 63.1 Å². The average Bonchev–Trinajstić information content (AvgIpc) is 2.69. The SMILES string of the molecule is CC(=O)NCCCc1ccc(C(=O)COC(=O)COc2ccc(Cl)cc2Br)cc1. The van der Waals surface area contributed by atoms with Gasteiger partial charge >= 0.3 is 5.97 Å². The van der Waals surface area contributed by atoms with Gasteiger partial charge in [-0.2, -0.15) is 0 Å². The van der Waals surface area contributed by atoms with Crippen LogP contribution in [0.2, 0.25) is 5.02 Å². The smallest absolute Gasteiger partial charge is 0.344 e. The summed E-state index contributed by atoms with van der Waals surface area (Å²) in [6.07, 6.45) is 1.61. The van der Waals surface area contributed by atoms with E-state index in [1.807, 2.05) is 12.1 Å². The summed E-state index contributed by atoms with van der Waals surface area (Å²) in [5.74, 6) is -0.538. The lowest BCUT2D eigenvalue weighted by Gasteiger charge is -2.09. The van der Waals surface area contributed by atoms with Gasteiger partial charge in [0.25, 0.3) is 0 Å². The second kappa shape index (κ2) is 11.6. The van der Waals surface area contributed by atoms with Crippen LogP contribution in [0.5, 0.6) is 5.75 Å². The molecule has 0 aromatic heterocycles. The minimum atomic E-state index is -0.644. The fourth-order valence-corrected chi connectivity index (χ4v) is 3.21. The molecular formula is C21H21BrClNO5. The van der Waals surface area contributed by atoms with Crippen LogP contribution in [0.3, 0.4) is 0 Å². The fourth-order valence-electron chi connectivity index (χ4n) is 2.41. The second-order valence-electron chi connectivity index (χ2n) is 6.23. The predicted octanol–water partition coefficient (Wildman–Crippen LogP) is 3.98. The van der Waals surface area contributed by atoms with Crippen molar-refractivity contribution in [2.45, 2.75) is 19.8 Å². The van der Waals surface area contributed by atoms with Gasteiger partial charge < -0.3 is 14.8 Å². The van der Waals surface area contributed by atoms with E-state index >= 15 is 0 Å². The van der Waals surface area contributed by atoms with Crippen LogP contribution in [0.15, 0.2) is 46.9 Å². The third-order valence-corrected chi connectivity index (χ3v) is 4.75. The summed E-state index contributed by atoms with van der Waals surface area (Å²) in [6.45, 7) is 1.42. The molecule has 0 saturated carbocycles. The maximum atomic E-state index is 12.2. The number of hydrogen-bond acceptors (Lipinski definition) is 5. The number of Topliss-reactive ketones (excluding diaryl/α,β-unsaturated/α-hetero) is 1. The number of amides is 1. The summed E-state index contributed by atoms with van der Waals surface area (Å²) in [5, 5.41) is 3.28. The van der Waals surface area contributed by atoms with E-state index in [0.29, 0.717) is 27.4 Å². The molecule has 0 atom stereocenters. The number of nitrogens with one attached hydrogen (secondary N) is 1. The first-order chi connectivity index (χ1) is 13.8. The van der Waals surface area contributed by atoms with Crippen LogP contribution in [0, 0.1) is 0 Å². The molecule has 0 fully saturated rings. The van der Waals surface area contributed by atoms with Gasteiger partial charge in [-0.05, 0) is 52.5 Å². The second-order valence-corrected chi connectivity index (χ2v) is 7.52. The largest absolute Gasteiger partial charge is 0.481 e. The summed E-state index contributed by atoms with van der Waals surface area (Å²) in [4.78, 5) is 34.8. The van der Waals surface area contributed by atoms with Crippen molar-refractivity contribution < 1.29 is 23.9 Å². The van der Waals surface area contributed by atoms with E-state index in [-0.39, 0.29) is 24.9 Å². The molecule has 8 heteroatoms. The number of rotatable bonds is 10. The Hall–Kier alpha value is -2.38. The number of ether oxygens (including phenoxy) is 2. The molecule has 0 unspecified atom stereocenters. The van der Waals surface area contributed by atoms with Crippen LogP contribution in [-0.4, -0.2) is 37.4 Å². The maximum absolute atomic E-state index is 12.2. The van der Waals surface area contributed by atoms with Crippen molar-refractivity contribution in [1.82, 2.24) is 5.32 Å². The van der Waals surface area contributed by atoms with Crippen molar-refractivity contribution in [2.75, 3.05) is 19.8 Å². The first-order valence-corrected chi connectivity index (χ1v) is 10.1. The van der Waals surface area contributed by atoms with Gasteiger partial charge in [-0.25, -0.2) is 4.79 Å². The monoisotopic (exact) mass is 481 g/mol. The Labute approximate surface area is 182 Å². The Kier molecular flexibility index (Phi) is 9.15. The lowest BCUT2D eigenvalue weighted by atomic mass is 10.1. The lowest BCUT2D eigenvalue weighted by Crippen LogP contribution is -2.21. The summed E-state index contributed by atoms with van der Waals surface area (Å²) in [6, 6.07) is 12.0. The fraction of sp³-hybridized carbons (Fsp3) is 0.286. The van der Waals surface area contributed by atoms with Crippen molar-refractivity contribution in [2.24, 2.45) is 0 Å². The normalized spacial score (nSPS) is 10.3. The van der Waals surface area contributed by atoms with Gasteiger partial charge in [0.05, 0.1) is 4.47 Å². The number of esters is 1. The standard InChI is InChI=1S/C21H21BrClNO5/c1-14(25)24-10-2-3-15-4-6-16(7-5-15)19(26)12-29-21(27)13-28-20-9-8-17(23)11-18(20)22/h4-9,11H,2-3,10,12-13H2,1H3,(H,24,25). The quantitative estimate of drug-likeness (QED) is 0.315. The summed E-state index contributed by atoms with van der Waals surface area (Å²) in [7, 11) is 0. The molecule has 154 valence electrons. The average molecular weight is 483 g/mol. The van der Waals surface area contributed by atoms with Crippen LogP contribution in [-0.2, 0) is 20.7 Å². The van der Waals surface area contributed by atoms with Crippen LogP contribution in [0.4, 0.5) is 0 Å². The molecule has 1 N–H and O–H groups in total. The highest BCUT2D eigenvalue weighted by Crippen LogP contribution is 2.27. The zero-order chi connectivity index (χ0) is 21.2. The summed E-state index contributed by atoms with van der Waals surface area (Å²) >= 11 is 9.13. The summed E-state index contributed by atoms with van der Waals surface area (Å²) < 4.78 is 10.9. The molecule has 0 radical (unpaired) electrons. The molecule has 0 bridgehead atoms. The number of hydrogen-bond donors (Lipinski definition) is 1. The van der Waals surface area contributed by atoms with Crippen molar-refractivity contribution >= 4 is 45.2 Å². The molecule has 29 heavy (non-hydrogen) atoms. The Morgan fingerprint density at radius 2 is 1.79 bits per heavy atom. The van der Waals surface area contributed by atoms with Crippen molar-refractivity contribution in [1.29, 1.82) is 0 Å². The molecule has 0 spiro atoms. The highest BCUT2D eigenvalue weighted by atomic mass is 79.9. The van der Waals surface area contributed by atoms with Gasteiger partial charge in [0, 0.05) is 24.1 Å². The number of aryl methyl sites for hydroxylation is 1. The molecule has 0 aliphatic rings. The number of carbonyl (C=O) groups is 3. The maximum Gasteiger partial charge on any atom is 0.344 e. The topological polar surface area (TPSA) is 81.7 Å². The van der Waals surface area contributed by atoms with Gasteiger partial charge in [-0.15, -0.1) is 0 Å². The Morgan fingerprint density at radius 1 is 1.07 bits per heavy atom. The van der Waals surface area contributed by atoms with Crippen LogP contribution in [0.25, 0.3) is 0 Å². The molecule has 1 amide bonds. The minimum Gasteiger partial charge on any atom is -0.481 e. The number of halogens is 2. The first-order valence-electron chi connectivity index (χ1n) is 8.95. The molecule has 0 heterocycles. The van der Waals surface area contributed by atoms with Crippen LogP contribution < -0.4 is 10.1 Å². The molecule has 0 saturated heterocycles. The van der Waals surface area contributed by atoms with Gasteiger partial charge in [-0.1, -0.05) is 35.9 Å². The highest BCUT2D eigenvalue weighted by Gasteiger charge is 2.12. The summed E-state index contributed by atoms with van der Waals surface area (Å²) in [5.41, 5.74) is 1.52. The van der Waals surface area contributed by atoms with Crippen LogP contribution >= 0.6 is 27.5 Å². The van der Waals surface area contributed by atoms with E-state index in [2.05, 4.69) is 21.2 Å². The van der Waals surface area contributed by atoms with E-state index in [1.54, 1.807) is 30.3 Å². The van der Waals surface area contributed by atoms with Gasteiger partial charge in [0.1, 0.15) is 5.75 Å². The van der Waals surface area contributed by atoms with Gasteiger partial charge in [0.15, 0.2) is 19.0 Å². The van der Waals surface area contributed by atoms with E-state index in [1.165, 1.54) is 6.92 Å². The molecule has 0 aliphatic carbocycles.